The van der Waals surface area contributed by atoms with Crippen molar-refractivity contribution in [3.05, 3.63) is 34.4 Å². The number of urea groups is 1. The van der Waals surface area contributed by atoms with Crippen LogP contribution in [0.4, 0.5) is 4.79 Å². The van der Waals surface area contributed by atoms with Crippen molar-refractivity contribution in [1.29, 1.82) is 0 Å². The summed E-state index contributed by atoms with van der Waals surface area (Å²) in [6.07, 6.45) is 3.21. The van der Waals surface area contributed by atoms with E-state index in [4.69, 9.17) is 0 Å². The predicted molar refractivity (Wildman–Crippen MR) is 86.4 cm³/mol. The minimum Gasteiger partial charge on any atom is -0.323 e. The minimum atomic E-state index is -0.754. The molecular weight excluding hydrogens is 292 g/mol. The fourth-order valence-corrected chi connectivity index (χ4v) is 3.63. The standard InChI is InChI=1S/C18H22N2O3/c1-11-8-13(3)14(9-12(11)2)15(21)10-20-16(22)18(19-17(20)23)6-4-5-7-18/h8-9H,4-7,10H2,1-3H3,(H,19,23). The highest BCUT2D eigenvalue weighted by molar-refractivity contribution is 6.11. The monoisotopic (exact) mass is 314 g/mol. The summed E-state index contributed by atoms with van der Waals surface area (Å²) in [5, 5.41) is 2.81. The number of carbonyl (C=O) groups excluding carboxylic acids is 3. The molecule has 1 saturated heterocycles. The van der Waals surface area contributed by atoms with Gasteiger partial charge < -0.3 is 5.32 Å². The van der Waals surface area contributed by atoms with E-state index in [0.29, 0.717) is 18.4 Å². The molecule has 5 heteroatoms. The van der Waals surface area contributed by atoms with Gasteiger partial charge in [-0.1, -0.05) is 18.9 Å². The number of aryl methyl sites for hydroxylation is 3. The van der Waals surface area contributed by atoms with Gasteiger partial charge in [0.15, 0.2) is 5.78 Å². The van der Waals surface area contributed by atoms with E-state index in [9.17, 15) is 14.4 Å². The zero-order valence-corrected chi connectivity index (χ0v) is 13.9. The highest BCUT2D eigenvalue weighted by atomic mass is 16.2. The summed E-state index contributed by atoms with van der Waals surface area (Å²) in [5.41, 5.74) is 2.86. The van der Waals surface area contributed by atoms with Crippen LogP contribution in [0.1, 0.15) is 52.7 Å². The van der Waals surface area contributed by atoms with E-state index in [1.54, 1.807) is 0 Å². The lowest BCUT2D eigenvalue weighted by molar-refractivity contribution is -0.130. The maximum atomic E-state index is 12.6. The van der Waals surface area contributed by atoms with Crippen molar-refractivity contribution in [3.8, 4) is 0 Å². The average molecular weight is 314 g/mol. The first-order valence-corrected chi connectivity index (χ1v) is 8.09. The van der Waals surface area contributed by atoms with Gasteiger partial charge in [0.25, 0.3) is 5.91 Å². The summed E-state index contributed by atoms with van der Waals surface area (Å²) in [5.74, 6) is -0.431. The molecule has 5 nitrogen and oxygen atoms in total. The van der Waals surface area contributed by atoms with Crippen molar-refractivity contribution in [1.82, 2.24) is 10.2 Å². The Balaban J connectivity index is 1.82. The maximum Gasteiger partial charge on any atom is 0.325 e. The van der Waals surface area contributed by atoms with Crippen LogP contribution in [0.5, 0.6) is 0 Å². The molecule has 1 aromatic rings. The van der Waals surface area contributed by atoms with E-state index >= 15 is 0 Å². The van der Waals surface area contributed by atoms with E-state index in [1.165, 1.54) is 0 Å². The molecular formula is C18H22N2O3. The molecule has 122 valence electrons. The molecule has 0 bridgehead atoms. The molecule has 2 fully saturated rings. The molecule has 0 radical (unpaired) electrons. The van der Waals surface area contributed by atoms with Crippen LogP contribution in [0.25, 0.3) is 0 Å². The highest BCUT2D eigenvalue weighted by Gasteiger charge is 2.52. The number of nitrogens with one attached hydrogen (secondary N) is 1. The molecule has 1 aliphatic heterocycles. The van der Waals surface area contributed by atoms with Crippen molar-refractivity contribution in [2.24, 2.45) is 0 Å². The first-order valence-electron chi connectivity index (χ1n) is 8.09. The average Bonchev–Trinajstić information content (AvgIpc) is 3.04. The SMILES string of the molecule is Cc1cc(C)c(C(=O)CN2C(=O)NC3(CCCC3)C2=O)cc1C. The topological polar surface area (TPSA) is 66.5 Å². The van der Waals surface area contributed by atoms with Crippen LogP contribution < -0.4 is 5.32 Å². The number of Topliss-reactive ketones (excluding diaryl/α,β-unsaturated/α-hetero) is 1. The van der Waals surface area contributed by atoms with Gasteiger partial charge in [0.1, 0.15) is 5.54 Å². The first-order chi connectivity index (χ1) is 10.8. The van der Waals surface area contributed by atoms with Gasteiger partial charge in [-0.25, -0.2) is 4.79 Å². The molecule has 1 spiro atoms. The number of carbonyl (C=O) groups is 3. The van der Waals surface area contributed by atoms with Crippen LogP contribution in [0, 0.1) is 20.8 Å². The number of amides is 3. The lowest BCUT2D eigenvalue weighted by Gasteiger charge is -2.20. The number of benzene rings is 1. The third kappa shape index (κ3) is 2.54. The second kappa shape index (κ2) is 5.48. The molecule has 3 amide bonds. The summed E-state index contributed by atoms with van der Waals surface area (Å²) < 4.78 is 0. The van der Waals surface area contributed by atoms with Crippen LogP contribution in [-0.4, -0.2) is 34.7 Å². The molecule has 2 aliphatic rings. The zero-order valence-electron chi connectivity index (χ0n) is 13.9. The minimum absolute atomic E-state index is 0.185. The third-order valence-electron chi connectivity index (χ3n) is 5.15. The van der Waals surface area contributed by atoms with Gasteiger partial charge in [0.2, 0.25) is 0 Å². The lowest BCUT2D eigenvalue weighted by atomic mass is 9.96. The Morgan fingerprint density at radius 3 is 2.35 bits per heavy atom. The van der Waals surface area contributed by atoms with Crippen LogP contribution in [-0.2, 0) is 4.79 Å². The van der Waals surface area contributed by atoms with Crippen molar-refractivity contribution < 1.29 is 14.4 Å². The van der Waals surface area contributed by atoms with Crippen molar-refractivity contribution in [3.63, 3.8) is 0 Å². The van der Waals surface area contributed by atoms with E-state index in [-0.39, 0.29) is 18.2 Å². The van der Waals surface area contributed by atoms with Crippen LogP contribution >= 0.6 is 0 Å². The molecule has 0 atom stereocenters. The molecule has 3 rings (SSSR count). The molecule has 1 N–H and O–H groups in total. The molecule has 23 heavy (non-hydrogen) atoms. The number of hydrogen-bond acceptors (Lipinski definition) is 3. The van der Waals surface area contributed by atoms with E-state index in [1.807, 2.05) is 32.9 Å². The Hall–Kier alpha value is -2.17. The Morgan fingerprint density at radius 2 is 1.70 bits per heavy atom. The molecule has 0 unspecified atom stereocenters. The summed E-state index contributed by atoms with van der Waals surface area (Å²) in [6, 6.07) is 3.37. The predicted octanol–water partition coefficient (Wildman–Crippen LogP) is 2.66. The largest absolute Gasteiger partial charge is 0.325 e. The zero-order chi connectivity index (χ0) is 16.8. The van der Waals surface area contributed by atoms with Crippen molar-refractivity contribution in [2.75, 3.05) is 6.54 Å². The smallest absolute Gasteiger partial charge is 0.323 e. The van der Waals surface area contributed by atoms with Crippen LogP contribution in [0.2, 0.25) is 0 Å². The van der Waals surface area contributed by atoms with Gasteiger partial charge in [-0.15, -0.1) is 0 Å². The van der Waals surface area contributed by atoms with Gasteiger partial charge in [-0.2, -0.15) is 0 Å². The molecule has 1 aromatic carbocycles. The molecule has 1 heterocycles. The van der Waals surface area contributed by atoms with E-state index in [2.05, 4.69) is 5.32 Å². The Bertz CT molecular complexity index is 702. The third-order valence-corrected chi connectivity index (χ3v) is 5.15. The number of imide groups is 1. The molecule has 1 saturated carbocycles. The van der Waals surface area contributed by atoms with Crippen LogP contribution in [0.3, 0.4) is 0 Å². The van der Waals surface area contributed by atoms with Crippen molar-refractivity contribution in [2.45, 2.75) is 52.0 Å². The Kier molecular flexibility index (Phi) is 3.74. The quantitative estimate of drug-likeness (QED) is 0.689. The second-order valence-electron chi connectivity index (χ2n) is 6.79. The van der Waals surface area contributed by atoms with Gasteiger partial charge in [0, 0.05) is 5.56 Å². The number of nitrogens with zero attached hydrogens (tertiary/aromatic N) is 1. The maximum absolute atomic E-state index is 12.6. The molecule has 0 aromatic heterocycles. The Labute approximate surface area is 136 Å². The summed E-state index contributed by atoms with van der Waals surface area (Å²) in [6.45, 7) is 5.64. The van der Waals surface area contributed by atoms with Gasteiger partial charge in [-0.3, -0.25) is 14.5 Å². The number of hydrogen-bond donors (Lipinski definition) is 1. The van der Waals surface area contributed by atoms with Crippen molar-refractivity contribution >= 4 is 17.7 Å². The van der Waals surface area contributed by atoms with Crippen LogP contribution in [0.15, 0.2) is 12.1 Å². The summed E-state index contributed by atoms with van der Waals surface area (Å²) in [4.78, 5) is 38.5. The van der Waals surface area contributed by atoms with Gasteiger partial charge in [0.05, 0.1) is 6.54 Å². The first kappa shape index (κ1) is 15.7. The fourth-order valence-electron chi connectivity index (χ4n) is 3.63. The highest BCUT2D eigenvalue weighted by Crippen LogP contribution is 2.35. The van der Waals surface area contributed by atoms with E-state index < -0.39 is 11.6 Å². The normalized spacial score (nSPS) is 19.5. The molecule has 1 aliphatic carbocycles. The summed E-state index contributed by atoms with van der Waals surface area (Å²) >= 11 is 0. The summed E-state index contributed by atoms with van der Waals surface area (Å²) in [7, 11) is 0. The van der Waals surface area contributed by atoms with Gasteiger partial charge in [-0.05, 0) is 56.4 Å². The van der Waals surface area contributed by atoms with Gasteiger partial charge >= 0.3 is 6.03 Å². The number of rotatable bonds is 3. The second-order valence-corrected chi connectivity index (χ2v) is 6.79. The fraction of sp³-hybridized carbons (Fsp3) is 0.500. The van der Waals surface area contributed by atoms with E-state index in [0.717, 1.165) is 34.4 Å². The number of ketones is 1. The Morgan fingerprint density at radius 1 is 1.09 bits per heavy atom. The lowest BCUT2D eigenvalue weighted by Crippen LogP contribution is -2.44.